The molecule has 1 fully saturated rings. The number of pyridine rings is 1. The topological polar surface area (TPSA) is 37.3 Å². The first kappa shape index (κ1) is 11.1. The highest BCUT2D eigenvalue weighted by atomic mass is 35.5. The minimum absolute atomic E-state index is 0.488. The molecule has 0 bridgehead atoms. The normalized spacial score (nSPS) is 28.0. The third-order valence-corrected chi connectivity index (χ3v) is 3.77. The van der Waals surface area contributed by atoms with Gasteiger partial charge in [0.05, 0.1) is 10.0 Å². The van der Waals surface area contributed by atoms with Crippen LogP contribution < -0.4 is 5.43 Å². The molecule has 1 aromatic heterocycles. The molecule has 3 nitrogen and oxygen atoms in total. The predicted molar refractivity (Wildman–Crippen MR) is 70.7 cm³/mol. The summed E-state index contributed by atoms with van der Waals surface area (Å²) in [4.78, 5) is 4.10. The third kappa shape index (κ3) is 2.05. The molecular formula is C12H11Cl2N3. The number of fused-ring (bicyclic) bond motifs is 1. The summed E-state index contributed by atoms with van der Waals surface area (Å²) in [5, 5.41) is 5.38. The second-order valence-corrected chi connectivity index (χ2v) is 5.18. The Morgan fingerprint density at radius 3 is 3.06 bits per heavy atom. The molecular weight excluding hydrogens is 257 g/mol. The second kappa shape index (κ2) is 4.31. The molecule has 0 aromatic carbocycles. The first-order chi connectivity index (χ1) is 8.24. The Kier molecular flexibility index (Phi) is 2.81. The summed E-state index contributed by atoms with van der Waals surface area (Å²) >= 11 is 11.8. The van der Waals surface area contributed by atoms with E-state index in [2.05, 4.69) is 27.7 Å². The number of nitrogens with one attached hydrogen (secondary N) is 1. The van der Waals surface area contributed by atoms with E-state index >= 15 is 0 Å². The van der Waals surface area contributed by atoms with Crippen molar-refractivity contribution in [1.82, 2.24) is 4.98 Å². The number of nitrogens with zero attached hydrogens (tertiary/aromatic N) is 2. The van der Waals surface area contributed by atoms with Crippen LogP contribution in [0.15, 0.2) is 29.5 Å². The van der Waals surface area contributed by atoms with E-state index in [9.17, 15) is 0 Å². The Balaban J connectivity index is 1.70. The predicted octanol–water partition coefficient (Wildman–Crippen LogP) is 3.75. The molecule has 0 aliphatic heterocycles. The largest absolute Gasteiger partial charge is 0.260 e. The highest BCUT2D eigenvalue weighted by Crippen LogP contribution is 2.40. The highest BCUT2D eigenvalue weighted by molar-refractivity contribution is 6.35. The van der Waals surface area contributed by atoms with Gasteiger partial charge in [0.25, 0.3) is 0 Å². The summed E-state index contributed by atoms with van der Waals surface area (Å²) in [5.74, 6) is 1.84. The van der Waals surface area contributed by atoms with Crippen molar-refractivity contribution >= 4 is 34.7 Å². The highest BCUT2D eigenvalue weighted by Gasteiger charge is 2.37. The third-order valence-electron chi connectivity index (χ3n) is 3.28. The van der Waals surface area contributed by atoms with Crippen LogP contribution in [0, 0.1) is 11.8 Å². The molecule has 3 rings (SSSR count). The molecule has 5 heteroatoms. The van der Waals surface area contributed by atoms with Crippen molar-refractivity contribution in [2.24, 2.45) is 16.9 Å². The number of anilines is 1. The standard InChI is InChI=1S/C12H11Cl2N3/c13-8-5-10(14)12(15-6-8)17-16-11-4-7-2-1-3-9(7)11/h1-2,5-7,9H,3-4H2,(H,15,17)/b16-11-/t7-,9-/m1/s1. The summed E-state index contributed by atoms with van der Waals surface area (Å²) in [6, 6.07) is 1.65. The average molecular weight is 268 g/mol. The smallest absolute Gasteiger partial charge is 0.165 e. The maximum Gasteiger partial charge on any atom is 0.165 e. The lowest BCUT2D eigenvalue weighted by Crippen LogP contribution is -2.33. The van der Waals surface area contributed by atoms with Gasteiger partial charge in [0.1, 0.15) is 0 Å². The molecule has 1 aromatic rings. The van der Waals surface area contributed by atoms with Gasteiger partial charge < -0.3 is 0 Å². The first-order valence-electron chi connectivity index (χ1n) is 5.54. The molecule has 0 radical (unpaired) electrons. The van der Waals surface area contributed by atoms with Crippen molar-refractivity contribution in [2.75, 3.05) is 5.43 Å². The molecule has 0 amide bonds. The van der Waals surface area contributed by atoms with Crippen LogP contribution >= 0.6 is 23.2 Å². The molecule has 2 aliphatic carbocycles. The van der Waals surface area contributed by atoms with Crippen LogP contribution in [0.5, 0.6) is 0 Å². The van der Waals surface area contributed by atoms with Crippen molar-refractivity contribution in [1.29, 1.82) is 0 Å². The Bertz CT molecular complexity index is 510. The van der Waals surface area contributed by atoms with E-state index in [0.717, 1.165) is 12.8 Å². The Hall–Kier alpha value is -1.06. The van der Waals surface area contributed by atoms with Gasteiger partial charge in [-0.1, -0.05) is 35.4 Å². The van der Waals surface area contributed by atoms with Gasteiger partial charge in [-0.15, -0.1) is 0 Å². The second-order valence-electron chi connectivity index (χ2n) is 4.34. The van der Waals surface area contributed by atoms with E-state index in [1.165, 1.54) is 5.71 Å². The van der Waals surface area contributed by atoms with E-state index in [-0.39, 0.29) is 0 Å². The van der Waals surface area contributed by atoms with Gasteiger partial charge in [-0.25, -0.2) is 4.98 Å². The SMILES string of the molecule is Clc1cnc(N/N=C2/C[C@H]3C=CC[C@@H]23)c(Cl)c1. The van der Waals surface area contributed by atoms with Crippen LogP contribution in [-0.4, -0.2) is 10.7 Å². The average Bonchev–Trinajstić information content (AvgIpc) is 2.63. The number of halogens is 2. The number of rotatable bonds is 2. The van der Waals surface area contributed by atoms with Crippen molar-refractivity contribution in [3.63, 3.8) is 0 Å². The maximum absolute atomic E-state index is 5.99. The Labute approximate surface area is 110 Å². The molecule has 88 valence electrons. The fourth-order valence-electron chi connectivity index (χ4n) is 2.28. The lowest BCUT2D eigenvalue weighted by atomic mass is 9.74. The zero-order chi connectivity index (χ0) is 11.8. The van der Waals surface area contributed by atoms with E-state index in [0.29, 0.717) is 27.7 Å². The van der Waals surface area contributed by atoms with E-state index in [1.807, 2.05) is 0 Å². The monoisotopic (exact) mass is 267 g/mol. The minimum Gasteiger partial charge on any atom is -0.260 e. The molecule has 1 N–H and O–H groups in total. The van der Waals surface area contributed by atoms with E-state index in [1.54, 1.807) is 12.3 Å². The molecule has 0 saturated heterocycles. The van der Waals surface area contributed by atoms with Gasteiger partial charge in [0.2, 0.25) is 0 Å². The zero-order valence-corrected chi connectivity index (χ0v) is 10.5. The van der Waals surface area contributed by atoms with Gasteiger partial charge in [-0.3, -0.25) is 5.43 Å². The van der Waals surface area contributed by atoms with Crippen LogP contribution in [-0.2, 0) is 0 Å². The van der Waals surface area contributed by atoms with Gasteiger partial charge in [-0.05, 0) is 24.8 Å². The van der Waals surface area contributed by atoms with Gasteiger partial charge >= 0.3 is 0 Å². The number of hydrazone groups is 1. The number of hydrogen-bond acceptors (Lipinski definition) is 3. The van der Waals surface area contributed by atoms with Crippen LogP contribution in [0.25, 0.3) is 0 Å². The molecule has 1 heterocycles. The quantitative estimate of drug-likeness (QED) is 0.655. The number of allylic oxidation sites excluding steroid dienone is 2. The van der Waals surface area contributed by atoms with Gasteiger partial charge in [-0.2, -0.15) is 5.10 Å². The Morgan fingerprint density at radius 2 is 2.29 bits per heavy atom. The van der Waals surface area contributed by atoms with Gasteiger partial charge in [0, 0.05) is 17.8 Å². The summed E-state index contributed by atoms with van der Waals surface area (Å²) in [5.41, 5.74) is 4.11. The molecule has 0 unspecified atom stereocenters. The Morgan fingerprint density at radius 1 is 1.41 bits per heavy atom. The van der Waals surface area contributed by atoms with Crippen molar-refractivity contribution in [2.45, 2.75) is 12.8 Å². The van der Waals surface area contributed by atoms with Crippen LogP contribution in [0.2, 0.25) is 10.0 Å². The van der Waals surface area contributed by atoms with Crippen molar-refractivity contribution in [3.05, 3.63) is 34.5 Å². The number of aromatic nitrogens is 1. The van der Waals surface area contributed by atoms with E-state index < -0.39 is 0 Å². The van der Waals surface area contributed by atoms with E-state index in [4.69, 9.17) is 23.2 Å². The lowest BCUT2D eigenvalue weighted by molar-refractivity contribution is 0.466. The molecule has 2 aliphatic rings. The van der Waals surface area contributed by atoms with Crippen molar-refractivity contribution in [3.8, 4) is 0 Å². The van der Waals surface area contributed by atoms with Gasteiger partial charge in [0.15, 0.2) is 5.82 Å². The first-order valence-corrected chi connectivity index (χ1v) is 6.30. The maximum atomic E-state index is 5.99. The molecule has 0 spiro atoms. The summed E-state index contributed by atoms with van der Waals surface area (Å²) in [7, 11) is 0. The molecule has 2 atom stereocenters. The lowest BCUT2D eigenvalue weighted by Gasteiger charge is -2.31. The van der Waals surface area contributed by atoms with Crippen LogP contribution in [0.4, 0.5) is 5.82 Å². The zero-order valence-electron chi connectivity index (χ0n) is 9.03. The molecule has 17 heavy (non-hydrogen) atoms. The number of hydrogen-bond donors (Lipinski definition) is 1. The molecule has 1 saturated carbocycles. The fraction of sp³-hybridized carbons (Fsp3) is 0.333. The fourth-order valence-corrected chi connectivity index (χ4v) is 2.71. The van der Waals surface area contributed by atoms with Crippen LogP contribution in [0.3, 0.4) is 0 Å². The minimum atomic E-state index is 0.488. The summed E-state index contributed by atoms with van der Waals surface area (Å²) in [6.07, 6.45) is 8.20. The van der Waals surface area contributed by atoms with Crippen LogP contribution in [0.1, 0.15) is 12.8 Å². The summed E-state index contributed by atoms with van der Waals surface area (Å²) in [6.45, 7) is 0. The van der Waals surface area contributed by atoms with Crippen molar-refractivity contribution < 1.29 is 0 Å². The summed E-state index contributed by atoms with van der Waals surface area (Å²) < 4.78 is 0.